The van der Waals surface area contributed by atoms with Gasteiger partial charge in [0.05, 0.1) is 16.4 Å². The monoisotopic (exact) mass is 329 g/mol. The van der Waals surface area contributed by atoms with E-state index in [0.29, 0.717) is 15.7 Å². The highest BCUT2D eigenvalue weighted by Crippen LogP contribution is 2.25. The van der Waals surface area contributed by atoms with E-state index >= 15 is 0 Å². The molecule has 1 aliphatic heterocycles. The van der Waals surface area contributed by atoms with E-state index in [0.717, 1.165) is 5.01 Å². The fourth-order valence-electron chi connectivity index (χ4n) is 1.44. The number of benzene rings is 1. The average molecular weight is 330 g/mol. The second kappa shape index (κ2) is 5.66. The first kappa shape index (κ1) is 14.6. The van der Waals surface area contributed by atoms with E-state index in [4.69, 9.17) is 41.2 Å². The van der Waals surface area contributed by atoms with Crippen molar-refractivity contribution in [3.05, 3.63) is 40.5 Å². The molecule has 1 heterocycles. The smallest absolute Gasteiger partial charge is 0.301 e. The van der Waals surface area contributed by atoms with Gasteiger partial charge in [-0.3, -0.25) is 15.6 Å². The van der Waals surface area contributed by atoms with Gasteiger partial charge in [0.1, 0.15) is 0 Å². The third kappa shape index (κ3) is 2.84. The fourth-order valence-corrected chi connectivity index (χ4v) is 1.90. The highest BCUT2D eigenvalue weighted by atomic mass is 35.5. The first-order valence-electron chi connectivity index (χ1n) is 5.28. The van der Waals surface area contributed by atoms with Crippen LogP contribution in [0.1, 0.15) is 0 Å². The highest BCUT2D eigenvalue weighted by molar-refractivity contribution is 7.80. The molecule has 20 heavy (non-hydrogen) atoms. The maximum absolute atomic E-state index is 11.9. The number of hydrogen-bond acceptors (Lipinski definition) is 5. The van der Waals surface area contributed by atoms with Crippen LogP contribution in [0, 0.1) is 0 Å². The van der Waals surface area contributed by atoms with E-state index in [2.05, 4.69) is 22.5 Å². The van der Waals surface area contributed by atoms with Crippen LogP contribution in [0.2, 0.25) is 10.0 Å². The molecule has 0 spiro atoms. The van der Waals surface area contributed by atoms with Crippen molar-refractivity contribution in [1.82, 2.24) is 10.4 Å². The summed E-state index contributed by atoms with van der Waals surface area (Å²) in [7, 11) is 0. The zero-order chi connectivity index (χ0) is 14.9. The number of nitrogens with zero attached hydrogens (tertiary/aromatic N) is 2. The van der Waals surface area contributed by atoms with E-state index in [-0.39, 0.29) is 16.5 Å². The number of carbonyl (C=O) groups is 1. The molecule has 1 aromatic rings. The van der Waals surface area contributed by atoms with E-state index in [1.165, 1.54) is 0 Å². The molecule has 0 bridgehead atoms. The molecule has 1 fully saturated rings. The largest absolute Gasteiger partial charge is 0.374 e. The molecule has 6 nitrogen and oxygen atoms in total. The summed E-state index contributed by atoms with van der Waals surface area (Å²) in [5.74, 6) is -0.506. The second-order valence-electron chi connectivity index (χ2n) is 3.77. The van der Waals surface area contributed by atoms with Crippen molar-refractivity contribution in [2.75, 3.05) is 5.43 Å². The average Bonchev–Trinajstić information content (AvgIpc) is 2.67. The van der Waals surface area contributed by atoms with Crippen molar-refractivity contribution in [2.45, 2.75) is 0 Å². The van der Waals surface area contributed by atoms with Crippen LogP contribution in [-0.4, -0.2) is 21.7 Å². The van der Waals surface area contributed by atoms with Gasteiger partial charge in [-0.25, -0.2) is 0 Å². The highest BCUT2D eigenvalue weighted by Gasteiger charge is 2.32. The molecule has 1 saturated heterocycles. The number of thiocarbonyl (C=S) groups is 1. The number of carbonyl (C=O) groups excluding carboxylic acids is 1. The standard InChI is InChI=1S/C11H9Cl2N5OS/c1-5-9(10(19)18(17-5)11(14)20)16-15-8-4-6(12)2-3-7(8)13/h2-4,15,17H,1H2,(H2,14,20). The van der Waals surface area contributed by atoms with Crippen LogP contribution in [0.5, 0.6) is 0 Å². The molecule has 0 atom stereocenters. The van der Waals surface area contributed by atoms with Gasteiger partial charge in [0.2, 0.25) is 0 Å². The maximum atomic E-state index is 11.9. The predicted octanol–water partition coefficient (Wildman–Crippen LogP) is 1.87. The van der Waals surface area contributed by atoms with E-state index < -0.39 is 5.91 Å². The zero-order valence-electron chi connectivity index (χ0n) is 9.98. The molecule has 0 aliphatic carbocycles. The number of rotatable bonds is 2. The Morgan fingerprint density at radius 2 is 2.20 bits per heavy atom. The van der Waals surface area contributed by atoms with Gasteiger partial charge in [-0.05, 0) is 30.4 Å². The molecular formula is C11H9Cl2N5OS. The maximum Gasteiger partial charge on any atom is 0.301 e. The number of amides is 1. The fraction of sp³-hybridized carbons (Fsp3) is 0. The van der Waals surface area contributed by atoms with Crippen molar-refractivity contribution in [2.24, 2.45) is 10.8 Å². The number of hydrazone groups is 1. The minimum absolute atomic E-state index is 0.0499. The second-order valence-corrected chi connectivity index (χ2v) is 5.03. The van der Waals surface area contributed by atoms with Gasteiger partial charge in [-0.15, -0.1) is 0 Å². The van der Waals surface area contributed by atoms with Crippen LogP contribution < -0.4 is 16.6 Å². The van der Waals surface area contributed by atoms with Crippen molar-refractivity contribution >= 4 is 57.8 Å². The topological polar surface area (TPSA) is 82.8 Å². The van der Waals surface area contributed by atoms with Gasteiger partial charge < -0.3 is 5.73 Å². The summed E-state index contributed by atoms with van der Waals surface area (Å²) in [6, 6.07) is 4.82. The molecule has 9 heteroatoms. The third-order valence-electron chi connectivity index (χ3n) is 2.38. The predicted molar refractivity (Wildman–Crippen MR) is 83.4 cm³/mol. The lowest BCUT2D eigenvalue weighted by Crippen LogP contribution is -2.43. The van der Waals surface area contributed by atoms with E-state index in [1.54, 1.807) is 18.2 Å². The lowest BCUT2D eigenvalue weighted by molar-refractivity contribution is -0.120. The van der Waals surface area contributed by atoms with Crippen LogP contribution in [0.25, 0.3) is 0 Å². The molecule has 0 radical (unpaired) electrons. The minimum Gasteiger partial charge on any atom is -0.374 e. The van der Waals surface area contributed by atoms with Gasteiger partial charge >= 0.3 is 5.91 Å². The molecule has 1 aliphatic rings. The SMILES string of the molecule is C=C1NN(C(N)=S)C(=O)C1=NNc1cc(Cl)ccc1Cl. The first-order valence-corrected chi connectivity index (χ1v) is 6.45. The lowest BCUT2D eigenvalue weighted by atomic mass is 10.3. The minimum atomic E-state index is -0.506. The summed E-state index contributed by atoms with van der Waals surface area (Å²) >= 11 is 16.5. The normalized spacial score (nSPS) is 16.5. The summed E-state index contributed by atoms with van der Waals surface area (Å²) in [6.45, 7) is 3.65. The Morgan fingerprint density at radius 3 is 2.80 bits per heavy atom. The van der Waals surface area contributed by atoms with Crippen molar-refractivity contribution in [1.29, 1.82) is 0 Å². The van der Waals surface area contributed by atoms with Gasteiger partial charge in [-0.1, -0.05) is 29.8 Å². The Bertz CT molecular complexity index is 646. The summed E-state index contributed by atoms with van der Waals surface area (Å²) in [5, 5.41) is 5.69. The molecule has 104 valence electrons. The molecule has 2 rings (SSSR count). The van der Waals surface area contributed by atoms with Crippen LogP contribution in [-0.2, 0) is 4.79 Å². The molecule has 0 aromatic heterocycles. The number of hydrazine groups is 1. The van der Waals surface area contributed by atoms with Crippen LogP contribution in [0.15, 0.2) is 35.6 Å². The number of anilines is 1. The summed E-state index contributed by atoms with van der Waals surface area (Å²) in [6.07, 6.45) is 0. The Labute approximate surface area is 130 Å². The molecule has 0 unspecified atom stereocenters. The quantitative estimate of drug-likeness (QED) is 0.570. The lowest BCUT2D eigenvalue weighted by Gasteiger charge is -2.11. The van der Waals surface area contributed by atoms with Crippen LogP contribution in [0.4, 0.5) is 5.69 Å². The molecular weight excluding hydrogens is 321 g/mol. The Balaban J connectivity index is 2.23. The molecule has 4 N–H and O–H groups in total. The van der Waals surface area contributed by atoms with Crippen molar-refractivity contribution in [3.63, 3.8) is 0 Å². The van der Waals surface area contributed by atoms with Crippen LogP contribution >= 0.6 is 35.4 Å². The number of nitrogens with one attached hydrogen (secondary N) is 2. The zero-order valence-corrected chi connectivity index (χ0v) is 12.3. The van der Waals surface area contributed by atoms with Crippen molar-refractivity contribution < 1.29 is 4.79 Å². The molecule has 1 aromatic carbocycles. The van der Waals surface area contributed by atoms with E-state index in [1.807, 2.05) is 0 Å². The summed E-state index contributed by atoms with van der Waals surface area (Å²) < 4.78 is 0. The summed E-state index contributed by atoms with van der Waals surface area (Å²) in [4.78, 5) is 11.9. The van der Waals surface area contributed by atoms with Crippen LogP contribution in [0.3, 0.4) is 0 Å². The number of halogens is 2. The Morgan fingerprint density at radius 1 is 1.50 bits per heavy atom. The number of nitrogens with two attached hydrogens (primary N) is 1. The summed E-state index contributed by atoms with van der Waals surface area (Å²) in [5.41, 5.74) is 11.4. The molecule has 1 amide bonds. The third-order valence-corrected chi connectivity index (χ3v) is 3.12. The first-order chi connectivity index (χ1) is 9.40. The van der Waals surface area contributed by atoms with Gasteiger partial charge in [0.25, 0.3) is 0 Å². The number of hydrogen-bond donors (Lipinski definition) is 3. The van der Waals surface area contributed by atoms with Gasteiger partial charge in [0, 0.05) is 5.02 Å². The van der Waals surface area contributed by atoms with E-state index in [9.17, 15) is 4.79 Å². The molecule has 0 saturated carbocycles. The van der Waals surface area contributed by atoms with Gasteiger partial charge in [0.15, 0.2) is 10.8 Å². The Kier molecular flexibility index (Phi) is 4.12. The van der Waals surface area contributed by atoms with Gasteiger partial charge in [-0.2, -0.15) is 10.1 Å². The Hall–Kier alpha value is -1.83. The van der Waals surface area contributed by atoms with Crippen molar-refractivity contribution in [3.8, 4) is 0 Å².